The molecule has 0 saturated heterocycles. The van der Waals surface area contributed by atoms with Gasteiger partial charge in [-0.2, -0.15) is 0 Å². The van der Waals surface area contributed by atoms with Gasteiger partial charge >= 0.3 is 5.97 Å². The van der Waals surface area contributed by atoms with E-state index >= 15 is 0 Å². The van der Waals surface area contributed by atoms with E-state index < -0.39 is 12.0 Å². The van der Waals surface area contributed by atoms with E-state index in [4.69, 9.17) is 9.84 Å². The predicted octanol–water partition coefficient (Wildman–Crippen LogP) is 0.0856. The van der Waals surface area contributed by atoms with Gasteiger partial charge in [0.15, 0.2) is 0 Å². The highest BCUT2D eigenvalue weighted by molar-refractivity contribution is 5.72. The number of rotatable bonds is 6. The lowest BCUT2D eigenvalue weighted by molar-refractivity contribution is -0.139. The Hall–Kier alpha value is -0.610. The summed E-state index contributed by atoms with van der Waals surface area (Å²) in [6, 6.07) is -0.466. The zero-order valence-corrected chi connectivity index (χ0v) is 6.96. The molecule has 0 fully saturated rings. The van der Waals surface area contributed by atoms with Gasteiger partial charge in [-0.1, -0.05) is 0 Å². The fourth-order valence-corrected chi connectivity index (χ4v) is 0.622. The van der Waals surface area contributed by atoms with Crippen LogP contribution in [0.4, 0.5) is 0 Å². The van der Waals surface area contributed by atoms with Crippen molar-refractivity contribution < 1.29 is 14.6 Å². The lowest BCUT2D eigenvalue weighted by Gasteiger charge is -2.07. The molecule has 1 unspecified atom stereocenters. The molecule has 0 aromatic heterocycles. The minimum atomic E-state index is -0.817. The molecule has 0 aliphatic carbocycles. The van der Waals surface area contributed by atoms with Crippen molar-refractivity contribution in [2.24, 2.45) is 0 Å². The summed E-state index contributed by atoms with van der Waals surface area (Å²) in [5.74, 6) is -0.817. The first-order valence-corrected chi connectivity index (χ1v) is 3.63. The van der Waals surface area contributed by atoms with Crippen LogP contribution in [0.25, 0.3) is 0 Å². The summed E-state index contributed by atoms with van der Waals surface area (Å²) < 4.78 is 4.80. The van der Waals surface area contributed by atoms with Crippen LogP contribution in [0.15, 0.2) is 0 Å². The van der Waals surface area contributed by atoms with E-state index in [1.807, 2.05) is 0 Å². The molecule has 0 spiro atoms. The molecule has 66 valence electrons. The van der Waals surface area contributed by atoms with Crippen molar-refractivity contribution in [2.45, 2.75) is 19.4 Å². The van der Waals surface area contributed by atoms with Gasteiger partial charge in [0.1, 0.15) is 6.04 Å². The fraction of sp³-hybridized carbons (Fsp3) is 0.857. The molecule has 0 radical (unpaired) electrons. The third-order valence-corrected chi connectivity index (χ3v) is 1.35. The Morgan fingerprint density at radius 2 is 2.36 bits per heavy atom. The van der Waals surface area contributed by atoms with Crippen LogP contribution in [0.3, 0.4) is 0 Å². The minimum Gasteiger partial charge on any atom is -0.480 e. The van der Waals surface area contributed by atoms with Crippen LogP contribution in [-0.2, 0) is 9.53 Å². The Kier molecular flexibility index (Phi) is 5.78. The zero-order chi connectivity index (χ0) is 8.69. The minimum absolute atomic E-state index is 0.466. The normalized spacial score (nSPS) is 12.9. The molecule has 0 heterocycles. The molecule has 0 saturated carbocycles. The van der Waals surface area contributed by atoms with Crippen LogP contribution in [0.1, 0.15) is 13.3 Å². The molecular formula is C7H15NO3. The lowest BCUT2D eigenvalue weighted by Crippen LogP contribution is -2.34. The van der Waals surface area contributed by atoms with Gasteiger partial charge in [-0.25, -0.2) is 0 Å². The highest BCUT2D eigenvalue weighted by Gasteiger charge is 2.07. The van der Waals surface area contributed by atoms with Crippen molar-refractivity contribution in [3.63, 3.8) is 0 Å². The SMILES string of the molecule is COCCCNC(C)C(=O)O. The summed E-state index contributed by atoms with van der Waals surface area (Å²) in [6.45, 7) is 2.97. The molecule has 0 amide bonds. The van der Waals surface area contributed by atoms with Gasteiger partial charge < -0.3 is 15.2 Å². The average Bonchev–Trinajstić information content (AvgIpc) is 1.97. The monoisotopic (exact) mass is 161 g/mol. The highest BCUT2D eigenvalue weighted by Crippen LogP contribution is 1.82. The van der Waals surface area contributed by atoms with Crippen LogP contribution in [-0.4, -0.2) is 37.4 Å². The van der Waals surface area contributed by atoms with Crippen LogP contribution in [0, 0.1) is 0 Å². The standard InChI is InChI=1S/C7H15NO3/c1-6(7(9)10)8-4-3-5-11-2/h6,8H,3-5H2,1-2H3,(H,9,10). The molecule has 0 bridgehead atoms. The van der Waals surface area contributed by atoms with E-state index in [0.717, 1.165) is 6.42 Å². The van der Waals surface area contributed by atoms with Gasteiger partial charge in [-0.15, -0.1) is 0 Å². The maximum atomic E-state index is 10.3. The highest BCUT2D eigenvalue weighted by atomic mass is 16.5. The summed E-state index contributed by atoms with van der Waals surface area (Å²) in [5.41, 5.74) is 0. The molecule has 0 aromatic carbocycles. The molecule has 1 atom stereocenters. The summed E-state index contributed by atoms with van der Waals surface area (Å²) in [5, 5.41) is 11.3. The first-order valence-electron chi connectivity index (χ1n) is 3.63. The predicted molar refractivity (Wildman–Crippen MR) is 41.6 cm³/mol. The third-order valence-electron chi connectivity index (χ3n) is 1.35. The van der Waals surface area contributed by atoms with Crippen molar-refractivity contribution >= 4 is 5.97 Å². The van der Waals surface area contributed by atoms with Crippen LogP contribution >= 0.6 is 0 Å². The second kappa shape index (κ2) is 6.12. The second-order valence-corrected chi connectivity index (χ2v) is 2.36. The van der Waals surface area contributed by atoms with Crippen molar-refractivity contribution in [3.05, 3.63) is 0 Å². The molecule has 0 rings (SSSR count). The molecule has 4 heteroatoms. The number of carboxylic acids is 1. The number of hydrogen-bond acceptors (Lipinski definition) is 3. The Morgan fingerprint density at radius 1 is 1.73 bits per heavy atom. The largest absolute Gasteiger partial charge is 0.480 e. The van der Waals surface area contributed by atoms with Crippen LogP contribution in [0.5, 0.6) is 0 Å². The Balaban J connectivity index is 3.17. The van der Waals surface area contributed by atoms with Crippen molar-refractivity contribution in [3.8, 4) is 0 Å². The number of carboxylic acid groups (broad SMARTS) is 1. The summed E-state index contributed by atoms with van der Waals surface area (Å²) in [6.07, 6.45) is 0.841. The van der Waals surface area contributed by atoms with Crippen LogP contribution < -0.4 is 5.32 Å². The van der Waals surface area contributed by atoms with Gasteiger partial charge in [-0.3, -0.25) is 4.79 Å². The third kappa shape index (κ3) is 5.82. The Bertz CT molecular complexity index is 116. The summed E-state index contributed by atoms with van der Waals surface area (Å²) >= 11 is 0. The van der Waals surface area contributed by atoms with Gasteiger partial charge in [0.05, 0.1) is 0 Å². The van der Waals surface area contributed by atoms with E-state index in [2.05, 4.69) is 5.32 Å². The molecule has 0 aromatic rings. The van der Waals surface area contributed by atoms with Gasteiger partial charge in [0.25, 0.3) is 0 Å². The number of hydrogen-bond donors (Lipinski definition) is 2. The van der Waals surface area contributed by atoms with E-state index in [9.17, 15) is 4.79 Å². The van der Waals surface area contributed by atoms with Gasteiger partial charge in [0, 0.05) is 13.7 Å². The Morgan fingerprint density at radius 3 is 2.82 bits per heavy atom. The zero-order valence-electron chi connectivity index (χ0n) is 6.96. The number of methoxy groups -OCH3 is 1. The number of aliphatic carboxylic acids is 1. The van der Waals surface area contributed by atoms with Crippen LogP contribution in [0.2, 0.25) is 0 Å². The summed E-state index contributed by atoms with van der Waals surface area (Å²) in [7, 11) is 1.63. The quantitative estimate of drug-likeness (QED) is 0.542. The Labute approximate surface area is 66.5 Å². The number of carbonyl (C=O) groups is 1. The van der Waals surface area contributed by atoms with Crippen molar-refractivity contribution in [1.29, 1.82) is 0 Å². The first kappa shape index (κ1) is 10.4. The summed E-state index contributed by atoms with van der Waals surface area (Å²) in [4.78, 5) is 10.3. The van der Waals surface area contributed by atoms with E-state index in [-0.39, 0.29) is 0 Å². The lowest BCUT2D eigenvalue weighted by atomic mass is 10.3. The molecular weight excluding hydrogens is 146 g/mol. The first-order chi connectivity index (χ1) is 5.18. The number of ether oxygens (including phenoxy) is 1. The molecule has 2 N–H and O–H groups in total. The fourth-order valence-electron chi connectivity index (χ4n) is 0.622. The second-order valence-electron chi connectivity index (χ2n) is 2.36. The molecule has 0 aliphatic rings. The van der Waals surface area contributed by atoms with E-state index in [1.165, 1.54) is 0 Å². The maximum absolute atomic E-state index is 10.3. The molecule has 4 nitrogen and oxygen atoms in total. The smallest absolute Gasteiger partial charge is 0.320 e. The topological polar surface area (TPSA) is 58.6 Å². The average molecular weight is 161 g/mol. The van der Waals surface area contributed by atoms with Crippen molar-refractivity contribution in [1.82, 2.24) is 5.32 Å². The number of nitrogens with one attached hydrogen (secondary N) is 1. The molecule has 0 aliphatic heterocycles. The molecule has 11 heavy (non-hydrogen) atoms. The van der Waals surface area contributed by atoms with Gasteiger partial charge in [0.2, 0.25) is 0 Å². The maximum Gasteiger partial charge on any atom is 0.320 e. The van der Waals surface area contributed by atoms with Crippen molar-refractivity contribution in [2.75, 3.05) is 20.3 Å². The van der Waals surface area contributed by atoms with E-state index in [1.54, 1.807) is 14.0 Å². The van der Waals surface area contributed by atoms with E-state index in [0.29, 0.717) is 13.2 Å². The van der Waals surface area contributed by atoms with Gasteiger partial charge in [-0.05, 0) is 19.9 Å².